The maximum Gasteiger partial charge on any atom is 0.179 e. The van der Waals surface area contributed by atoms with E-state index >= 15 is 0 Å². The van der Waals surface area contributed by atoms with Crippen LogP contribution in [0.2, 0.25) is 0 Å². The Labute approximate surface area is 119 Å². The van der Waals surface area contributed by atoms with E-state index in [-0.39, 0.29) is 16.5 Å². The van der Waals surface area contributed by atoms with Gasteiger partial charge in [-0.2, -0.15) is 0 Å². The maximum atomic E-state index is 11.9. The lowest BCUT2D eigenvalue weighted by atomic mass is 10.1. The summed E-state index contributed by atoms with van der Waals surface area (Å²) >= 11 is 5.50. The van der Waals surface area contributed by atoms with E-state index < -0.39 is 9.84 Å². The number of aryl methyl sites for hydroxylation is 1. The lowest BCUT2D eigenvalue weighted by molar-refractivity contribution is 0.407. The van der Waals surface area contributed by atoms with Gasteiger partial charge in [0.15, 0.2) is 9.84 Å². The average molecular weight is 306 g/mol. The number of alkyl halides is 1. The zero-order valence-electron chi connectivity index (χ0n) is 11.1. The standard InChI is InChI=1S/C13H20ClNO3S/c1-18-13-10-12(19(16,17)9-7-14)6-5-11(13)4-2-3-8-15/h5-6,10H,2-4,7-9,15H2,1H3. The highest BCUT2D eigenvalue weighted by Gasteiger charge is 2.16. The molecular formula is C13H20ClNO3S. The molecule has 108 valence electrons. The third-order valence-corrected chi connectivity index (χ3v) is 4.99. The molecule has 6 heteroatoms. The number of hydrogen-bond acceptors (Lipinski definition) is 4. The predicted molar refractivity (Wildman–Crippen MR) is 77.8 cm³/mol. The van der Waals surface area contributed by atoms with E-state index in [0.29, 0.717) is 12.3 Å². The molecule has 1 aromatic rings. The normalized spacial score (nSPS) is 11.5. The maximum absolute atomic E-state index is 11.9. The molecule has 4 nitrogen and oxygen atoms in total. The second-order valence-corrected chi connectivity index (χ2v) is 6.71. The van der Waals surface area contributed by atoms with E-state index in [0.717, 1.165) is 24.8 Å². The van der Waals surface area contributed by atoms with Crippen LogP contribution in [0.25, 0.3) is 0 Å². The molecule has 1 aromatic carbocycles. The Kier molecular flexibility index (Phi) is 6.62. The molecule has 2 N–H and O–H groups in total. The van der Waals surface area contributed by atoms with Gasteiger partial charge >= 0.3 is 0 Å². The molecule has 0 aliphatic rings. The minimum absolute atomic E-state index is 0.0652. The van der Waals surface area contributed by atoms with Crippen molar-refractivity contribution in [2.45, 2.75) is 24.2 Å². The lowest BCUT2D eigenvalue weighted by Gasteiger charge is -2.10. The fourth-order valence-corrected chi connectivity index (χ4v) is 3.41. The van der Waals surface area contributed by atoms with E-state index in [9.17, 15) is 8.42 Å². The number of ether oxygens (including phenoxy) is 1. The first-order chi connectivity index (χ1) is 9.05. The predicted octanol–water partition coefficient (Wildman–Crippen LogP) is 1.99. The highest BCUT2D eigenvalue weighted by Crippen LogP contribution is 2.25. The van der Waals surface area contributed by atoms with Gasteiger partial charge in [-0.05, 0) is 43.5 Å². The molecule has 0 fully saturated rings. The summed E-state index contributed by atoms with van der Waals surface area (Å²) in [5.74, 6) is 0.625. The molecule has 0 bridgehead atoms. The van der Waals surface area contributed by atoms with Gasteiger partial charge in [0.05, 0.1) is 17.8 Å². The number of rotatable bonds is 8. The Hall–Kier alpha value is -0.780. The summed E-state index contributed by atoms with van der Waals surface area (Å²) in [7, 11) is -1.78. The minimum Gasteiger partial charge on any atom is -0.496 e. The molecule has 0 heterocycles. The number of benzene rings is 1. The van der Waals surface area contributed by atoms with E-state index in [1.807, 2.05) is 0 Å². The van der Waals surface area contributed by atoms with Crippen molar-refractivity contribution in [3.05, 3.63) is 23.8 Å². The Balaban J connectivity index is 2.95. The molecule has 0 saturated heterocycles. The van der Waals surface area contributed by atoms with Gasteiger partial charge in [-0.3, -0.25) is 0 Å². The van der Waals surface area contributed by atoms with Crippen molar-refractivity contribution in [1.29, 1.82) is 0 Å². The summed E-state index contributed by atoms with van der Waals surface area (Å²) in [6.45, 7) is 0.657. The first-order valence-electron chi connectivity index (χ1n) is 6.21. The topological polar surface area (TPSA) is 69.4 Å². The van der Waals surface area contributed by atoms with Gasteiger partial charge in [0, 0.05) is 5.88 Å². The van der Waals surface area contributed by atoms with Crippen LogP contribution < -0.4 is 10.5 Å². The van der Waals surface area contributed by atoms with Crippen LogP contribution in [0.4, 0.5) is 0 Å². The van der Waals surface area contributed by atoms with Crippen molar-refractivity contribution < 1.29 is 13.2 Å². The lowest BCUT2D eigenvalue weighted by Crippen LogP contribution is -2.08. The van der Waals surface area contributed by atoms with Gasteiger partial charge in [-0.1, -0.05) is 6.07 Å². The molecule has 0 radical (unpaired) electrons. The average Bonchev–Trinajstić information content (AvgIpc) is 2.39. The van der Waals surface area contributed by atoms with Crippen LogP contribution >= 0.6 is 11.6 Å². The van der Waals surface area contributed by atoms with Gasteiger partial charge in [0.1, 0.15) is 5.75 Å². The molecule has 0 amide bonds. The van der Waals surface area contributed by atoms with Crippen molar-refractivity contribution in [1.82, 2.24) is 0 Å². The highest BCUT2D eigenvalue weighted by atomic mass is 35.5. The molecule has 0 spiro atoms. The number of halogens is 1. The Morgan fingerprint density at radius 3 is 2.63 bits per heavy atom. The first kappa shape index (κ1) is 16.3. The van der Waals surface area contributed by atoms with Crippen LogP contribution in [0.3, 0.4) is 0 Å². The summed E-state index contributed by atoms with van der Waals surface area (Å²) in [6, 6.07) is 4.98. The molecule has 0 atom stereocenters. The fraction of sp³-hybridized carbons (Fsp3) is 0.538. The smallest absolute Gasteiger partial charge is 0.179 e. The molecule has 0 unspecified atom stereocenters. The summed E-state index contributed by atoms with van der Waals surface area (Å²) in [4.78, 5) is 0.257. The summed E-state index contributed by atoms with van der Waals surface area (Å²) in [5.41, 5.74) is 6.46. The molecule has 1 rings (SSSR count). The van der Waals surface area contributed by atoms with Crippen LogP contribution in [0, 0.1) is 0 Å². The van der Waals surface area contributed by atoms with Gasteiger partial charge in [-0.25, -0.2) is 8.42 Å². The van der Waals surface area contributed by atoms with Crippen LogP contribution in [0.1, 0.15) is 18.4 Å². The number of hydrogen-bond donors (Lipinski definition) is 1. The summed E-state index contributed by atoms with van der Waals surface area (Å²) < 4.78 is 29.1. The van der Waals surface area contributed by atoms with E-state index in [1.165, 1.54) is 0 Å². The number of methoxy groups -OCH3 is 1. The first-order valence-corrected chi connectivity index (χ1v) is 8.39. The number of sulfone groups is 1. The molecule has 0 saturated carbocycles. The minimum atomic E-state index is -3.32. The van der Waals surface area contributed by atoms with Crippen LogP contribution in [-0.4, -0.2) is 33.7 Å². The van der Waals surface area contributed by atoms with Crippen LogP contribution in [0.15, 0.2) is 23.1 Å². The largest absolute Gasteiger partial charge is 0.496 e. The number of unbranched alkanes of at least 4 members (excludes halogenated alkanes) is 1. The van der Waals surface area contributed by atoms with Gasteiger partial charge in [0.2, 0.25) is 0 Å². The quantitative estimate of drug-likeness (QED) is 0.589. The highest BCUT2D eigenvalue weighted by molar-refractivity contribution is 7.91. The second-order valence-electron chi connectivity index (χ2n) is 4.23. The third-order valence-electron chi connectivity index (χ3n) is 2.86. The Morgan fingerprint density at radius 2 is 2.05 bits per heavy atom. The zero-order chi connectivity index (χ0) is 14.3. The van der Waals surface area contributed by atoms with Crippen molar-refractivity contribution in [3.63, 3.8) is 0 Å². The van der Waals surface area contributed by atoms with Crippen molar-refractivity contribution in [3.8, 4) is 5.75 Å². The van der Waals surface area contributed by atoms with E-state index in [4.69, 9.17) is 22.1 Å². The fourth-order valence-electron chi connectivity index (χ4n) is 1.80. The van der Waals surface area contributed by atoms with Crippen LogP contribution in [-0.2, 0) is 16.3 Å². The molecular weight excluding hydrogens is 286 g/mol. The third kappa shape index (κ3) is 4.67. The molecule has 0 aliphatic heterocycles. The zero-order valence-corrected chi connectivity index (χ0v) is 12.6. The van der Waals surface area contributed by atoms with Crippen molar-refractivity contribution >= 4 is 21.4 Å². The van der Waals surface area contributed by atoms with Gasteiger partial charge in [0.25, 0.3) is 0 Å². The van der Waals surface area contributed by atoms with Crippen LogP contribution in [0.5, 0.6) is 5.75 Å². The monoisotopic (exact) mass is 305 g/mol. The van der Waals surface area contributed by atoms with Crippen molar-refractivity contribution in [2.24, 2.45) is 5.73 Å². The van der Waals surface area contributed by atoms with Gasteiger partial charge < -0.3 is 10.5 Å². The Morgan fingerprint density at radius 1 is 1.32 bits per heavy atom. The van der Waals surface area contributed by atoms with E-state index in [1.54, 1.807) is 25.3 Å². The van der Waals surface area contributed by atoms with E-state index in [2.05, 4.69) is 0 Å². The number of nitrogens with two attached hydrogens (primary N) is 1. The summed E-state index contributed by atoms with van der Waals surface area (Å²) in [6.07, 6.45) is 2.73. The molecule has 0 aliphatic carbocycles. The SMILES string of the molecule is COc1cc(S(=O)(=O)CCCl)ccc1CCCCN. The van der Waals surface area contributed by atoms with Crippen molar-refractivity contribution in [2.75, 3.05) is 25.3 Å². The van der Waals surface area contributed by atoms with Gasteiger partial charge in [-0.15, -0.1) is 11.6 Å². The second kappa shape index (κ2) is 7.72. The molecule has 19 heavy (non-hydrogen) atoms. The Bertz CT molecular complexity index is 503. The molecule has 0 aromatic heterocycles. The summed E-state index contributed by atoms with van der Waals surface area (Å²) in [5, 5.41) is 0.